The topological polar surface area (TPSA) is 41.9 Å². The molecule has 0 N–H and O–H groups in total. The minimum Gasteiger partial charge on any atom is -0.462 e. The molecule has 0 unspecified atom stereocenters. The van der Waals surface area contributed by atoms with E-state index in [1.54, 1.807) is 13.3 Å². The number of benzene rings is 1. The van der Waals surface area contributed by atoms with Crippen LogP contribution in [0.2, 0.25) is 0 Å². The Morgan fingerprint density at radius 2 is 2.05 bits per heavy atom. The van der Waals surface area contributed by atoms with E-state index in [0.29, 0.717) is 17.2 Å². The van der Waals surface area contributed by atoms with E-state index in [1.807, 2.05) is 48.6 Å². The smallest absolute Gasteiger partial charge is 0.341 e. The molecule has 0 atom stereocenters. The van der Waals surface area contributed by atoms with E-state index in [1.165, 1.54) is 11.3 Å². The van der Waals surface area contributed by atoms with Crippen molar-refractivity contribution in [2.75, 3.05) is 20.7 Å². The Labute approximate surface area is 142 Å². The first-order valence-corrected chi connectivity index (χ1v) is 8.45. The number of esters is 1. The largest absolute Gasteiger partial charge is 0.462 e. The SMILES string of the molecule is CCOC(=O)c1c(-c2ccc(Br)cc2)csc1/N=C/N(C)C. The molecular formula is C16H17BrN2O2S. The van der Waals surface area contributed by atoms with Gasteiger partial charge in [-0.15, -0.1) is 11.3 Å². The summed E-state index contributed by atoms with van der Waals surface area (Å²) in [5.74, 6) is -0.340. The lowest BCUT2D eigenvalue weighted by atomic mass is 10.0. The van der Waals surface area contributed by atoms with Crippen LogP contribution in [0.5, 0.6) is 0 Å². The van der Waals surface area contributed by atoms with Gasteiger partial charge in [0.05, 0.1) is 12.9 Å². The van der Waals surface area contributed by atoms with Gasteiger partial charge in [0, 0.05) is 29.5 Å². The predicted molar refractivity (Wildman–Crippen MR) is 95.3 cm³/mol. The minimum atomic E-state index is -0.340. The molecule has 0 saturated heterocycles. The fraction of sp³-hybridized carbons (Fsp3) is 0.250. The normalized spacial score (nSPS) is 10.9. The average molecular weight is 381 g/mol. The van der Waals surface area contributed by atoms with E-state index in [9.17, 15) is 4.79 Å². The molecule has 0 radical (unpaired) electrons. The third kappa shape index (κ3) is 3.96. The summed E-state index contributed by atoms with van der Waals surface area (Å²) < 4.78 is 6.19. The molecule has 2 rings (SSSR count). The molecule has 1 aromatic heterocycles. The Balaban J connectivity index is 2.49. The van der Waals surface area contributed by atoms with Crippen LogP contribution in [0.4, 0.5) is 5.00 Å². The lowest BCUT2D eigenvalue weighted by Gasteiger charge is -2.06. The van der Waals surface area contributed by atoms with E-state index >= 15 is 0 Å². The average Bonchev–Trinajstić information content (AvgIpc) is 2.90. The maximum atomic E-state index is 12.3. The number of halogens is 1. The highest BCUT2D eigenvalue weighted by molar-refractivity contribution is 9.10. The first-order chi connectivity index (χ1) is 10.5. The molecule has 0 spiro atoms. The van der Waals surface area contributed by atoms with E-state index in [4.69, 9.17) is 4.74 Å². The zero-order valence-electron chi connectivity index (χ0n) is 12.7. The molecule has 1 aromatic carbocycles. The lowest BCUT2D eigenvalue weighted by molar-refractivity contribution is 0.0529. The molecule has 1 heterocycles. The summed E-state index contributed by atoms with van der Waals surface area (Å²) in [6.45, 7) is 2.14. The summed E-state index contributed by atoms with van der Waals surface area (Å²) in [7, 11) is 3.77. The van der Waals surface area contributed by atoms with Gasteiger partial charge in [0.15, 0.2) is 0 Å². The molecule has 6 heteroatoms. The second-order valence-corrected chi connectivity index (χ2v) is 6.54. The molecule has 0 aliphatic heterocycles. The highest BCUT2D eigenvalue weighted by atomic mass is 79.9. The maximum Gasteiger partial charge on any atom is 0.341 e. The van der Waals surface area contributed by atoms with Gasteiger partial charge in [0.25, 0.3) is 0 Å². The number of thiophene rings is 1. The predicted octanol–water partition coefficient (Wildman–Crippen LogP) is 4.58. The zero-order chi connectivity index (χ0) is 16.1. The fourth-order valence-corrected chi connectivity index (χ4v) is 3.02. The molecule has 0 saturated carbocycles. The van der Waals surface area contributed by atoms with Gasteiger partial charge >= 0.3 is 5.97 Å². The molecule has 0 amide bonds. The molecule has 0 bridgehead atoms. The molecule has 2 aromatic rings. The van der Waals surface area contributed by atoms with Crippen LogP contribution in [0.15, 0.2) is 39.1 Å². The number of hydrogen-bond acceptors (Lipinski definition) is 4. The summed E-state index contributed by atoms with van der Waals surface area (Å²) in [5.41, 5.74) is 2.34. The number of rotatable bonds is 5. The van der Waals surface area contributed by atoms with E-state index in [-0.39, 0.29) is 5.97 Å². The quantitative estimate of drug-likeness (QED) is 0.433. The van der Waals surface area contributed by atoms with Crippen LogP contribution in [-0.4, -0.2) is 37.9 Å². The van der Waals surface area contributed by atoms with Gasteiger partial charge in [0.2, 0.25) is 0 Å². The number of hydrogen-bond donors (Lipinski definition) is 0. The van der Waals surface area contributed by atoms with Crippen LogP contribution >= 0.6 is 27.3 Å². The van der Waals surface area contributed by atoms with Crippen molar-refractivity contribution in [2.45, 2.75) is 6.92 Å². The number of aliphatic imine (C=N–C) groups is 1. The Bertz CT molecular complexity index is 678. The van der Waals surface area contributed by atoms with Crippen LogP contribution in [0, 0.1) is 0 Å². The monoisotopic (exact) mass is 380 g/mol. The van der Waals surface area contributed by atoms with Crippen LogP contribution in [0.3, 0.4) is 0 Å². The third-order valence-corrected chi connectivity index (χ3v) is 4.23. The molecule has 0 aliphatic carbocycles. The van der Waals surface area contributed by atoms with Crippen molar-refractivity contribution in [3.63, 3.8) is 0 Å². The van der Waals surface area contributed by atoms with Crippen molar-refractivity contribution in [2.24, 2.45) is 4.99 Å². The number of nitrogens with zero attached hydrogens (tertiary/aromatic N) is 2. The summed E-state index contributed by atoms with van der Waals surface area (Å²) in [4.78, 5) is 18.5. The summed E-state index contributed by atoms with van der Waals surface area (Å²) >= 11 is 4.85. The second-order valence-electron chi connectivity index (χ2n) is 4.77. The van der Waals surface area contributed by atoms with Gasteiger partial charge in [-0.1, -0.05) is 28.1 Å². The molecule has 22 heavy (non-hydrogen) atoms. The number of ether oxygens (including phenoxy) is 1. The van der Waals surface area contributed by atoms with E-state index in [2.05, 4.69) is 20.9 Å². The van der Waals surface area contributed by atoms with Gasteiger partial charge < -0.3 is 9.64 Å². The van der Waals surface area contributed by atoms with Crippen LogP contribution in [0.1, 0.15) is 17.3 Å². The second kappa shape index (κ2) is 7.56. The van der Waals surface area contributed by atoms with Crippen molar-refractivity contribution < 1.29 is 9.53 Å². The molecular weight excluding hydrogens is 364 g/mol. The van der Waals surface area contributed by atoms with Crippen molar-refractivity contribution >= 4 is 44.6 Å². The first-order valence-electron chi connectivity index (χ1n) is 6.78. The van der Waals surface area contributed by atoms with Gasteiger partial charge in [-0.2, -0.15) is 0 Å². The van der Waals surface area contributed by atoms with Crippen LogP contribution < -0.4 is 0 Å². The van der Waals surface area contributed by atoms with Crippen molar-refractivity contribution in [1.82, 2.24) is 4.90 Å². The fourth-order valence-electron chi connectivity index (χ4n) is 1.85. The highest BCUT2D eigenvalue weighted by Gasteiger charge is 2.21. The Morgan fingerprint density at radius 1 is 1.36 bits per heavy atom. The van der Waals surface area contributed by atoms with Crippen LogP contribution in [-0.2, 0) is 4.74 Å². The minimum absolute atomic E-state index is 0.339. The Kier molecular flexibility index (Phi) is 5.74. The van der Waals surface area contributed by atoms with Crippen molar-refractivity contribution in [3.8, 4) is 11.1 Å². The summed E-state index contributed by atoms with van der Waals surface area (Å²) in [5, 5.41) is 2.60. The summed E-state index contributed by atoms with van der Waals surface area (Å²) in [6.07, 6.45) is 1.68. The van der Waals surface area contributed by atoms with Gasteiger partial charge in [-0.3, -0.25) is 0 Å². The number of carbonyl (C=O) groups is 1. The van der Waals surface area contributed by atoms with Gasteiger partial charge in [-0.05, 0) is 24.6 Å². The lowest BCUT2D eigenvalue weighted by Crippen LogP contribution is -2.08. The standard InChI is InChI=1S/C16H17BrN2O2S/c1-4-21-16(20)14-13(11-5-7-12(17)8-6-11)9-22-15(14)18-10-19(2)3/h5-10H,4H2,1-3H3/b18-10+. The molecule has 0 aliphatic rings. The van der Waals surface area contributed by atoms with E-state index < -0.39 is 0 Å². The summed E-state index contributed by atoms with van der Waals surface area (Å²) in [6, 6.07) is 7.83. The number of carbonyl (C=O) groups excluding carboxylic acids is 1. The molecule has 0 fully saturated rings. The molecule has 116 valence electrons. The van der Waals surface area contributed by atoms with Crippen molar-refractivity contribution in [1.29, 1.82) is 0 Å². The first kappa shape index (κ1) is 16.7. The zero-order valence-corrected chi connectivity index (χ0v) is 15.1. The highest BCUT2D eigenvalue weighted by Crippen LogP contribution is 2.38. The van der Waals surface area contributed by atoms with Gasteiger partial charge in [0.1, 0.15) is 10.6 Å². The van der Waals surface area contributed by atoms with Crippen molar-refractivity contribution in [3.05, 3.63) is 39.7 Å². The Morgan fingerprint density at radius 3 is 2.64 bits per heavy atom. The third-order valence-electron chi connectivity index (χ3n) is 2.81. The van der Waals surface area contributed by atoms with Gasteiger partial charge in [-0.25, -0.2) is 9.79 Å². The van der Waals surface area contributed by atoms with E-state index in [0.717, 1.165) is 15.6 Å². The Hall–Kier alpha value is -1.66. The van der Waals surface area contributed by atoms with Crippen LogP contribution in [0.25, 0.3) is 11.1 Å². The maximum absolute atomic E-state index is 12.3. The molecule has 4 nitrogen and oxygen atoms in total.